The van der Waals surface area contributed by atoms with Gasteiger partial charge in [0, 0.05) is 5.75 Å². The number of hydrogen-bond donors (Lipinski definition) is 1. The second-order valence-corrected chi connectivity index (χ2v) is 6.40. The van der Waals surface area contributed by atoms with Gasteiger partial charge in [0.15, 0.2) is 11.4 Å². The summed E-state index contributed by atoms with van der Waals surface area (Å²) in [6, 6.07) is 9.83. The van der Waals surface area contributed by atoms with Crippen molar-refractivity contribution in [2.24, 2.45) is 0 Å². The van der Waals surface area contributed by atoms with Gasteiger partial charge in [0.1, 0.15) is 6.61 Å². The van der Waals surface area contributed by atoms with Gasteiger partial charge in [0.05, 0.1) is 12.2 Å². The molecule has 0 amide bonds. The van der Waals surface area contributed by atoms with Crippen LogP contribution in [-0.4, -0.2) is 32.4 Å². The number of aromatic nitrogens is 2. The van der Waals surface area contributed by atoms with Gasteiger partial charge in [0.25, 0.3) is 0 Å². The van der Waals surface area contributed by atoms with Crippen LogP contribution in [0.4, 0.5) is 0 Å². The number of carbonyl (C=O) groups is 1. The number of ether oxygens (including phenoxy) is 1. The summed E-state index contributed by atoms with van der Waals surface area (Å²) in [5.41, 5.74) is 1.16. The Morgan fingerprint density at radius 3 is 2.91 bits per heavy atom. The lowest BCUT2D eigenvalue weighted by Crippen LogP contribution is -2.21. The third-order valence-electron chi connectivity index (χ3n) is 3.68. The van der Waals surface area contributed by atoms with Crippen LogP contribution >= 0.6 is 11.8 Å². The van der Waals surface area contributed by atoms with Gasteiger partial charge in [-0.3, -0.25) is 4.68 Å². The monoisotopic (exact) mass is 318 g/mol. The van der Waals surface area contributed by atoms with Gasteiger partial charge in [-0.2, -0.15) is 16.9 Å². The lowest BCUT2D eigenvalue weighted by atomic mass is 10.2. The second kappa shape index (κ2) is 6.87. The van der Waals surface area contributed by atoms with Crippen LogP contribution in [0.1, 0.15) is 34.9 Å². The molecule has 1 unspecified atom stereocenters. The molecule has 0 spiro atoms. The summed E-state index contributed by atoms with van der Waals surface area (Å²) in [7, 11) is 0. The summed E-state index contributed by atoms with van der Waals surface area (Å²) in [6.07, 6.45) is 3.58. The van der Waals surface area contributed by atoms with Crippen molar-refractivity contribution in [1.29, 1.82) is 0 Å². The van der Waals surface area contributed by atoms with Crippen molar-refractivity contribution in [3.05, 3.63) is 47.8 Å². The predicted molar refractivity (Wildman–Crippen MR) is 85.6 cm³/mol. The number of benzene rings is 1. The number of carboxylic acids is 1. The molecule has 1 N–H and O–H groups in total. The van der Waals surface area contributed by atoms with Crippen LogP contribution in [0.25, 0.3) is 0 Å². The Hall–Kier alpha value is -1.95. The number of rotatable bonds is 5. The van der Waals surface area contributed by atoms with E-state index in [4.69, 9.17) is 4.74 Å². The predicted octanol–water partition coefficient (Wildman–Crippen LogP) is 3.23. The average Bonchev–Trinajstić information content (AvgIpc) is 2.99. The molecule has 0 saturated carbocycles. The topological polar surface area (TPSA) is 64.3 Å². The fourth-order valence-electron chi connectivity index (χ4n) is 2.58. The first kappa shape index (κ1) is 15.0. The zero-order valence-corrected chi connectivity index (χ0v) is 13.0. The standard InChI is InChI=1S/C16H18N2O3S/c19-16(20)15-14(21-10-12-5-2-1-3-6-12)9-17-18(15)13-7-4-8-22-11-13/h1-3,5-6,9,13H,4,7-8,10-11H2,(H,19,20). The average molecular weight is 318 g/mol. The van der Waals surface area contributed by atoms with Gasteiger partial charge in [-0.1, -0.05) is 30.3 Å². The van der Waals surface area contributed by atoms with E-state index in [2.05, 4.69) is 5.10 Å². The van der Waals surface area contributed by atoms with Crippen molar-refractivity contribution in [2.45, 2.75) is 25.5 Å². The Bertz CT molecular complexity index is 636. The van der Waals surface area contributed by atoms with E-state index in [1.165, 1.54) is 6.20 Å². The molecule has 0 aliphatic carbocycles. The fraction of sp³-hybridized carbons (Fsp3) is 0.375. The molecule has 2 heterocycles. The largest absolute Gasteiger partial charge is 0.485 e. The van der Waals surface area contributed by atoms with E-state index < -0.39 is 5.97 Å². The third kappa shape index (κ3) is 3.27. The molecule has 6 heteroatoms. The lowest BCUT2D eigenvalue weighted by molar-refractivity contribution is 0.0674. The van der Waals surface area contributed by atoms with Crippen LogP contribution in [-0.2, 0) is 6.61 Å². The van der Waals surface area contributed by atoms with E-state index in [9.17, 15) is 9.90 Å². The van der Waals surface area contributed by atoms with Crippen LogP contribution < -0.4 is 4.74 Å². The number of aromatic carboxylic acids is 1. The number of nitrogens with zero attached hydrogens (tertiary/aromatic N) is 2. The number of thioether (sulfide) groups is 1. The summed E-state index contributed by atoms with van der Waals surface area (Å²) < 4.78 is 7.30. The maximum absolute atomic E-state index is 11.6. The Morgan fingerprint density at radius 2 is 2.23 bits per heavy atom. The van der Waals surface area contributed by atoms with Gasteiger partial charge in [-0.15, -0.1) is 0 Å². The third-order valence-corrected chi connectivity index (χ3v) is 4.88. The Kier molecular flexibility index (Phi) is 4.68. The van der Waals surface area contributed by atoms with Crippen molar-refractivity contribution < 1.29 is 14.6 Å². The van der Waals surface area contributed by atoms with Crippen molar-refractivity contribution in [3.8, 4) is 5.75 Å². The van der Waals surface area contributed by atoms with E-state index >= 15 is 0 Å². The van der Waals surface area contributed by atoms with Gasteiger partial charge in [-0.05, 0) is 24.2 Å². The molecule has 3 rings (SSSR count). The first-order valence-electron chi connectivity index (χ1n) is 7.31. The van der Waals surface area contributed by atoms with Crippen molar-refractivity contribution >= 4 is 17.7 Å². The Morgan fingerprint density at radius 1 is 1.41 bits per heavy atom. The molecule has 116 valence electrons. The highest BCUT2D eigenvalue weighted by atomic mass is 32.2. The first-order valence-corrected chi connectivity index (χ1v) is 8.46. The van der Waals surface area contributed by atoms with Crippen molar-refractivity contribution in [1.82, 2.24) is 9.78 Å². The van der Waals surface area contributed by atoms with Crippen molar-refractivity contribution in [3.63, 3.8) is 0 Å². The highest BCUT2D eigenvalue weighted by molar-refractivity contribution is 7.99. The quantitative estimate of drug-likeness (QED) is 0.917. The van der Waals surface area contributed by atoms with E-state index in [1.807, 2.05) is 42.1 Å². The Labute approximate surface area is 133 Å². The molecule has 1 saturated heterocycles. The molecule has 1 aromatic heterocycles. The van der Waals surface area contributed by atoms with Crippen molar-refractivity contribution in [2.75, 3.05) is 11.5 Å². The summed E-state index contributed by atoms with van der Waals surface area (Å²) in [6.45, 7) is 0.340. The maximum atomic E-state index is 11.6. The highest BCUT2D eigenvalue weighted by Gasteiger charge is 2.26. The number of hydrogen-bond acceptors (Lipinski definition) is 4. The van der Waals surface area contributed by atoms with Crippen LogP contribution in [0.3, 0.4) is 0 Å². The second-order valence-electron chi connectivity index (χ2n) is 5.25. The molecule has 0 bridgehead atoms. The molecule has 5 nitrogen and oxygen atoms in total. The zero-order chi connectivity index (χ0) is 15.4. The summed E-state index contributed by atoms with van der Waals surface area (Å²) in [5, 5.41) is 13.8. The molecule has 0 radical (unpaired) electrons. The van der Waals surface area contributed by atoms with E-state index in [0.29, 0.717) is 12.4 Å². The lowest BCUT2D eigenvalue weighted by Gasteiger charge is -2.22. The van der Waals surface area contributed by atoms with Crippen LogP contribution in [0, 0.1) is 0 Å². The maximum Gasteiger partial charge on any atom is 0.358 e. The molecule has 2 aromatic rings. The molecular weight excluding hydrogens is 300 g/mol. The molecule has 1 aromatic carbocycles. The van der Waals surface area contributed by atoms with E-state index in [0.717, 1.165) is 29.9 Å². The molecule has 1 fully saturated rings. The van der Waals surface area contributed by atoms with E-state index in [-0.39, 0.29) is 11.7 Å². The molecule has 22 heavy (non-hydrogen) atoms. The summed E-state index contributed by atoms with van der Waals surface area (Å²) in [4.78, 5) is 11.6. The minimum Gasteiger partial charge on any atom is -0.485 e. The molecule has 1 aliphatic heterocycles. The zero-order valence-electron chi connectivity index (χ0n) is 12.1. The van der Waals surface area contributed by atoms with Gasteiger partial charge >= 0.3 is 5.97 Å². The van der Waals surface area contributed by atoms with Crippen LogP contribution in [0.15, 0.2) is 36.5 Å². The minimum absolute atomic E-state index is 0.138. The van der Waals surface area contributed by atoms with Crippen LogP contribution in [0.2, 0.25) is 0 Å². The highest BCUT2D eigenvalue weighted by Crippen LogP contribution is 2.30. The van der Waals surface area contributed by atoms with Gasteiger partial charge < -0.3 is 9.84 Å². The molecular formula is C16H18N2O3S. The molecule has 1 atom stereocenters. The van der Waals surface area contributed by atoms with Gasteiger partial charge in [-0.25, -0.2) is 4.79 Å². The summed E-state index contributed by atoms with van der Waals surface area (Å²) >= 11 is 1.84. The normalized spacial score (nSPS) is 18.1. The molecule has 1 aliphatic rings. The SMILES string of the molecule is O=C(O)c1c(OCc2ccccc2)cnn1C1CCCSC1. The fourth-order valence-corrected chi connectivity index (χ4v) is 3.70. The number of carboxylic acid groups (broad SMARTS) is 1. The minimum atomic E-state index is -0.990. The smallest absolute Gasteiger partial charge is 0.358 e. The first-order chi connectivity index (χ1) is 10.8. The summed E-state index contributed by atoms with van der Waals surface area (Å²) in [5.74, 6) is 1.39. The van der Waals surface area contributed by atoms with Gasteiger partial charge in [0.2, 0.25) is 0 Å². The van der Waals surface area contributed by atoms with Crippen LogP contribution in [0.5, 0.6) is 5.75 Å². The Balaban J connectivity index is 1.79. The van der Waals surface area contributed by atoms with E-state index in [1.54, 1.807) is 4.68 Å².